The van der Waals surface area contributed by atoms with Gasteiger partial charge in [0.2, 0.25) is 0 Å². The lowest BCUT2D eigenvalue weighted by Crippen LogP contribution is -2.31. The number of nitrogens with one attached hydrogen (secondary N) is 1. The van der Waals surface area contributed by atoms with Gasteiger partial charge in [-0.2, -0.15) is 5.26 Å². The third kappa shape index (κ3) is 5.37. The Bertz CT molecular complexity index is 162. The summed E-state index contributed by atoms with van der Waals surface area (Å²) in [5.74, 6) is -0.324. The van der Waals surface area contributed by atoms with Gasteiger partial charge in [0.25, 0.3) is 0 Å². The summed E-state index contributed by atoms with van der Waals surface area (Å²) < 4.78 is 4.63. The van der Waals surface area contributed by atoms with Crippen LogP contribution in [0.2, 0.25) is 0 Å². The Morgan fingerprint density at radius 2 is 2.45 bits per heavy atom. The van der Waals surface area contributed by atoms with Crippen LogP contribution in [-0.4, -0.2) is 25.2 Å². The Hall–Kier alpha value is -1.08. The topological polar surface area (TPSA) is 62.1 Å². The average molecular weight is 156 g/mol. The molecule has 0 aromatic rings. The number of hydrogen-bond donors (Lipinski definition) is 1. The number of esters is 1. The zero-order valence-electron chi connectivity index (χ0n) is 6.76. The van der Waals surface area contributed by atoms with Crippen molar-refractivity contribution in [2.24, 2.45) is 0 Å². The van der Waals surface area contributed by atoms with Gasteiger partial charge in [0, 0.05) is 0 Å². The lowest BCUT2D eigenvalue weighted by atomic mass is 10.4. The van der Waals surface area contributed by atoms with Gasteiger partial charge in [0.1, 0.15) is 0 Å². The van der Waals surface area contributed by atoms with Gasteiger partial charge < -0.3 is 4.74 Å². The Morgan fingerprint density at radius 3 is 2.91 bits per heavy atom. The lowest BCUT2D eigenvalue weighted by molar-refractivity contribution is -0.142. The highest BCUT2D eigenvalue weighted by Gasteiger charge is 2.03. The molecule has 0 rings (SSSR count). The van der Waals surface area contributed by atoms with E-state index in [2.05, 4.69) is 10.1 Å². The molecule has 0 aliphatic carbocycles. The molecule has 0 saturated heterocycles. The van der Waals surface area contributed by atoms with E-state index < -0.39 is 0 Å². The van der Waals surface area contributed by atoms with Gasteiger partial charge in [-0.15, -0.1) is 0 Å². The fourth-order valence-electron chi connectivity index (χ4n) is 0.494. The largest absolute Gasteiger partial charge is 0.465 e. The molecular weight excluding hydrogens is 144 g/mol. The predicted molar refractivity (Wildman–Crippen MR) is 39.7 cm³/mol. The van der Waals surface area contributed by atoms with E-state index in [0.717, 1.165) is 0 Å². The molecule has 0 aromatic heterocycles. The van der Waals surface area contributed by atoms with E-state index in [0.29, 0.717) is 6.61 Å². The van der Waals surface area contributed by atoms with Gasteiger partial charge in [-0.25, -0.2) is 0 Å². The molecule has 62 valence electrons. The minimum atomic E-state index is -0.324. The van der Waals surface area contributed by atoms with Crippen LogP contribution in [0.5, 0.6) is 0 Å². The third-order valence-corrected chi connectivity index (χ3v) is 1.05. The Morgan fingerprint density at radius 1 is 1.82 bits per heavy atom. The molecule has 0 fully saturated rings. The molecule has 11 heavy (non-hydrogen) atoms. The zero-order valence-corrected chi connectivity index (χ0v) is 6.76. The molecule has 4 nitrogen and oxygen atoms in total. The smallest absolute Gasteiger partial charge is 0.319 e. The molecule has 0 spiro atoms. The highest BCUT2D eigenvalue weighted by atomic mass is 16.5. The van der Waals surface area contributed by atoms with Gasteiger partial charge in [-0.1, -0.05) is 0 Å². The summed E-state index contributed by atoms with van der Waals surface area (Å²) in [5.41, 5.74) is 0. The molecule has 4 heteroatoms. The maximum atomic E-state index is 10.7. The van der Waals surface area contributed by atoms with E-state index in [1.54, 1.807) is 13.8 Å². The van der Waals surface area contributed by atoms with Gasteiger partial charge in [0.15, 0.2) is 0 Å². The Kier molecular flexibility index (Phi) is 5.13. The quantitative estimate of drug-likeness (QED) is 0.584. The first-order valence-corrected chi connectivity index (χ1v) is 3.49. The van der Waals surface area contributed by atoms with Crippen molar-refractivity contribution in [1.82, 2.24) is 5.32 Å². The van der Waals surface area contributed by atoms with Crippen molar-refractivity contribution in [2.45, 2.75) is 19.9 Å². The maximum absolute atomic E-state index is 10.7. The van der Waals surface area contributed by atoms with Gasteiger partial charge >= 0.3 is 5.97 Å². The van der Waals surface area contributed by atoms with Gasteiger partial charge in [-0.05, 0) is 13.8 Å². The maximum Gasteiger partial charge on any atom is 0.319 e. The summed E-state index contributed by atoms with van der Waals surface area (Å²) >= 11 is 0. The Balaban J connectivity index is 3.39. The first-order valence-electron chi connectivity index (χ1n) is 3.49. The average Bonchev–Trinajstić information content (AvgIpc) is 2.01. The van der Waals surface area contributed by atoms with Crippen LogP contribution in [0.1, 0.15) is 13.8 Å². The standard InChI is InChI=1S/C7H12N2O2/c1-3-11-7(10)5-9-6(2)4-8/h6,9H,3,5H2,1-2H3. The molecule has 1 unspecified atom stereocenters. The van der Waals surface area contributed by atoms with Crippen molar-refractivity contribution in [1.29, 1.82) is 5.26 Å². The van der Waals surface area contributed by atoms with Crippen molar-refractivity contribution in [3.05, 3.63) is 0 Å². The number of nitriles is 1. The van der Waals surface area contributed by atoms with Crippen molar-refractivity contribution in [3.63, 3.8) is 0 Å². The van der Waals surface area contributed by atoms with Gasteiger partial charge in [0.05, 0.1) is 25.3 Å². The van der Waals surface area contributed by atoms with Crippen LogP contribution in [0.25, 0.3) is 0 Å². The molecular formula is C7H12N2O2. The summed E-state index contributed by atoms with van der Waals surface area (Å²) in [6.45, 7) is 3.90. The number of carbonyl (C=O) groups is 1. The van der Waals surface area contributed by atoms with Crippen LogP contribution in [0.15, 0.2) is 0 Å². The van der Waals surface area contributed by atoms with Crippen LogP contribution in [0, 0.1) is 11.3 Å². The number of hydrogen-bond acceptors (Lipinski definition) is 4. The molecule has 0 radical (unpaired) electrons. The van der Waals surface area contributed by atoms with Crippen LogP contribution in [0.4, 0.5) is 0 Å². The number of rotatable bonds is 4. The number of ether oxygens (including phenoxy) is 1. The Labute approximate surface area is 66.1 Å². The summed E-state index contributed by atoms with van der Waals surface area (Å²) in [4.78, 5) is 10.7. The predicted octanol–water partition coefficient (Wildman–Crippen LogP) is 0.0512. The number of carbonyl (C=O) groups excluding carboxylic acids is 1. The molecule has 1 atom stereocenters. The van der Waals surface area contributed by atoms with E-state index in [4.69, 9.17) is 5.26 Å². The SMILES string of the molecule is CCOC(=O)CNC(C)C#N. The number of nitrogens with zero attached hydrogens (tertiary/aromatic N) is 1. The van der Waals surface area contributed by atoms with Crippen molar-refractivity contribution < 1.29 is 9.53 Å². The monoisotopic (exact) mass is 156 g/mol. The summed E-state index contributed by atoms with van der Waals surface area (Å²) in [7, 11) is 0. The molecule has 0 aliphatic heterocycles. The van der Waals surface area contributed by atoms with E-state index >= 15 is 0 Å². The molecule has 0 aromatic carbocycles. The van der Waals surface area contributed by atoms with E-state index in [-0.39, 0.29) is 18.6 Å². The second-order valence-electron chi connectivity index (χ2n) is 2.04. The highest BCUT2D eigenvalue weighted by molar-refractivity contribution is 5.71. The summed E-state index contributed by atoms with van der Waals surface area (Å²) in [5, 5.41) is 11.0. The normalized spacial score (nSPS) is 11.7. The molecule has 0 heterocycles. The highest BCUT2D eigenvalue weighted by Crippen LogP contribution is 1.79. The molecule has 0 saturated carbocycles. The second-order valence-corrected chi connectivity index (χ2v) is 2.04. The molecule has 1 N–H and O–H groups in total. The van der Waals surface area contributed by atoms with Crippen LogP contribution in [0.3, 0.4) is 0 Å². The first-order chi connectivity index (χ1) is 5.20. The fraction of sp³-hybridized carbons (Fsp3) is 0.714. The first kappa shape index (κ1) is 9.92. The molecule has 0 aliphatic rings. The van der Waals surface area contributed by atoms with Gasteiger partial charge in [-0.3, -0.25) is 10.1 Å². The van der Waals surface area contributed by atoms with Crippen molar-refractivity contribution >= 4 is 5.97 Å². The van der Waals surface area contributed by atoms with E-state index in [9.17, 15) is 4.79 Å². The van der Waals surface area contributed by atoms with Crippen LogP contribution in [-0.2, 0) is 9.53 Å². The zero-order chi connectivity index (χ0) is 8.69. The van der Waals surface area contributed by atoms with Crippen molar-refractivity contribution in [2.75, 3.05) is 13.2 Å². The van der Waals surface area contributed by atoms with Crippen molar-refractivity contribution in [3.8, 4) is 6.07 Å². The summed E-state index contributed by atoms with van der Waals surface area (Å²) in [6, 6.07) is 1.64. The fourth-order valence-corrected chi connectivity index (χ4v) is 0.494. The van der Waals surface area contributed by atoms with Crippen LogP contribution >= 0.6 is 0 Å². The summed E-state index contributed by atoms with van der Waals surface area (Å²) in [6.07, 6.45) is 0. The lowest BCUT2D eigenvalue weighted by Gasteiger charge is -2.04. The second kappa shape index (κ2) is 5.69. The molecule has 0 bridgehead atoms. The van der Waals surface area contributed by atoms with E-state index in [1.165, 1.54) is 0 Å². The van der Waals surface area contributed by atoms with Crippen LogP contribution < -0.4 is 5.32 Å². The molecule has 0 amide bonds. The van der Waals surface area contributed by atoms with E-state index in [1.807, 2.05) is 6.07 Å². The minimum absolute atomic E-state index is 0.0998. The minimum Gasteiger partial charge on any atom is -0.465 e. The third-order valence-electron chi connectivity index (χ3n) is 1.05.